The van der Waals surface area contributed by atoms with E-state index in [4.69, 9.17) is 0 Å². The summed E-state index contributed by atoms with van der Waals surface area (Å²) >= 11 is 0. The molecule has 246 valence electrons. The van der Waals surface area contributed by atoms with Gasteiger partial charge in [0.2, 0.25) is 0 Å². The van der Waals surface area contributed by atoms with Crippen molar-refractivity contribution in [3.63, 3.8) is 0 Å². The van der Waals surface area contributed by atoms with Crippen molar-refractivity contribution in [2.24, 2.45) is 0 Å². The maximum Gasteiger partial charge on any atom is 0.0953 e. The molecule has 50 heavy (non-hydrogen) atoms. The largest absolute Gasteiger partial charge is 0.350 e. The molecular weight excluding hydrogens is 609 g/mol. The molecule has 4 unspecified atom stereocenters. The van der Waals surface area contributed by atoms with Gasteiger partial charge in [-0.1, -0.05) is 60.7 Å². The van der Waals surface area contributed by atoms with E-state index < -0.39 is 0 Å². The summed E-state index contributed by atoms with van der Waals surface area (Å²) < 4.78 is 0. The van der Waals surface area contributed by atoms with Crippen molar-refractivity contribution in [2.75, 3.05) is 46.0 Å². The van der Waals surface area contributed by atoms with E-state index in [1.54, 1.807) is 22.3 Å². The maximum atomic E-state index is 2.69. The Balaban J connectivity index is 0.907. The SMILES string of the molecule is c1ccc2cc(N3CN(CCN4CN(c5ccc6ccccc6c5)c5cc6c(cc54)C4CCC6C4)c4cc5c(cc43)C3CCC5C3)ccc2c1. The van der Waals surface area contributed by atoms with Crippen LogP contribution >= 0.6 is 0 Å². The Kier molecular flexibility index (Phi) is 5.72. The van der Waals surface area contributed by atoms with Crippen LogP contribution in [0.2, 0.25) is 0 Å². The monoisotopic (exact) mass is 650 g/mol. The molecule has 2 saturated carbocycles. The lowest BCUT2D eigenvalue weighted by molar-refractivity contribution is 0.716. The van der Waals surface area contributed by atoms with E-state index in [-0.39, 0.29) is 0 Å². The molecule has 6 aromatic carbocycles. The average Bonchev–Trinajstić information content (AvgIpc) is 4.03. The molecule has 0 N–H and O–H groups in total. The highest BCUT2D eigenvalue weighted by Gasteiger charge is 2.42. The van der Waals surface area contributed by atoms with Gasteiger partial charge >= 0.3 is 0 Å². The van der Waals surface area contributed by atoms with Crippen LogP contribution in [0.3, 0.4) is 0 Å². The molecule has 6 aromatic rings. The summed E-state index contributed by atoms with van der Waals surface area (Å²) in [5.74, 6) is 3.03. The lowest BCUT2D eigenvalue weighted by Gasteiger charge is -2.27. The number of nitrogens with zero attached hydrogens (tertiary/aromatic N) is 4. The molecule has 4 heteroatoms. The molecule has 2 aliphatic heterocycles. The van der Waals surface area contributed by atoms with Crippen molar-refractivity contribution in [1.29, 1.82) is 0 Å². The van der Waals surface area contributed by atoms with E-state index in [1.807, 2.05) is 0 Å². The highest BCUT2D eigenvalue weighted by Crippen LogP contribution is 2.58. The Morgan fingerprint density at radius 2 is 0.780 bits per heavy atom. The van der Waals surface area contributed by atoms with E-state index in [0.717, 1.165) is 50.1 Å². The van der Waals surface area contributed by atoms with E-state index in [9.17, 15) is 0 Å². The molecule has 0 amide bonds. The van der Waals surface area contributed by atoms with Gasteiger partial charge in [-0.3, -0.25) is 0 Å². The predicted octanol–water partition coefficient (Wildman–Crippen LogP) is 11.3. The first kappa shape index (κ1) is 27.8. The second-order valence-corrected chi connectivity index (χ2v) is 16.1. The zero-order valence-corrected chi connectivity index (χ0v) is 28.6. The van der Waals surface area contributed by atoms with Gasteiger partial charge in [-0.2, -0.15) is 0 Å². The molecule has 4 nitrogen and oxygen atoms in total. The normalized spacial score (nSPS) is 23.8. The van der Waals surface area contributed by atoms with Gasteiger partial charge < -0.3 is 19.6 Å². The molecule has 2 heterocycles. The highest BCUT2D eigenvalue weighted by atomic mass is 15.4. The van der Waals surface area contributed by atoms with E-state index in [1.165, 1.54) is 94.2 Å². The van der Waals surface area contributed by atoms with Crippen molar-refractivity contribution in [1.82, 2.24) is 0 Å². The Labute approximate surface area is 294 Å². The van der Waals surface area contributed by atoms with Gasteiger partial charge in [-0.25, -0.2) is 0 Å². The quantitative estimate of drug-likeness (QED) is 0.184. The first-order chi connectivity index (χ1) is 24.7. The molecule has 2 fully saturated rings. The summed E-state index contributed by atoms with van der Waals surface area (Å²) in [5, 5.41) is 5.24. The smallest absolute Gasteiger partial charge is 0.0953 e. The Morgan fingerprint density at radius 1 is 0.400 bits per heavy atom. The number of fused-ring (bicyclic) bond motifs is 14. The van der Waals surface area contributed by atoms with Crippen LogP contribution in [-0.2, 0) is 0 Å². The van der Waals surface area contributed by atoms with Crippen molar-refractivity contribution >= 4 is 55.7 Å². The Morgan fingerprint density at radius 3 is 1.20 bits per heavy atom. The summed E-state index contributed by atoms with van der Waals surface area (Å²) in [4.78, 5) is 10.6. The zero-order chi connectivity index (χ0) is 32.5. The van der Waals surface area contributed by atoms with Crippen LogP contribution in [0.25, 0.3) is 21.5 Å². The fourth-order valence-corrected chi connectivity index (χ4v) is 11.1. The van der Waals surface area contributed by atoms with Gasteiger partial charge in [0.05, 0.1) is 36.1 Å². The minimum absolute atomic E-state index is 0.756. The first-order valence-corrected chi connectivity index (χ1v) is 19.1. The van der Waals surface area contributed by atoms with Crippen molar-refractivity contribution in [3.8, 4) is 0 Å². The van der Waals surface area contributed by atoms with Crippen LogP contribution in [0.1, 0.15) is 84.5 Å². The number of benzene rings is 6. The third-order valence-corrected chi connectivity index (χ3v) is 13.6. The Hall–Kier alpha value is -4.96. The van der Waals surface area contributed by atoms with Crippen LogP contribution < -0.4 is 19.6 Å². The lowest BCUT2D eigenvalue weighted by Crippen LogP contribution is -2.37. The molecule has 12 rings (SSSR count). The summed E-state index contributed by atoms with van der Waals surface area (Å²) in [7, 11) is 0. The molecule has 0 saturated heterocycles. The highest BCUT2D eigenvalue weighted by molar-refractivity contribution is 5.92. The fourth-order valence-electron chi connectivity index (χ4n) is 11.1. The van der Waals surface area contributed by atoms with Gasteiger partial charge in [-0.15, -0.1) is 0 Å². The second kappa shape index (κ2) is 10.3. The van der Waals surface area contributed by atoms with Crippen LogP contribution in [0.5, 0.6) is 0 Å². The number of rotatable bonds is 5. The summed E-state index contributed by atoms with van der Waals surface area (Å²) in [6, 6.07) is 42.0. The molecule has 4 aliphatic carbocycles. The minimum Gasteiger partial charge on any atom is -0.350 e. The molecule has 0 aromatic heterocycles. The molecule has 4 atom stereocenters. The Bertz CT molecular complexity index is 2210. The van der Waals surface area contributed by atoms with Crippen LogP contribution in [0, 0.1) is 0 Å². The zero-order valence-electron chi connectivity index (χ0n) is 28.6. The standard InChI is InChI=1S/C46H42N4/c1-3-7-31-21-37(15-13-29(31)5-1)49-27-47(43-23-39-33-9-11-35(19-33)41(39)25-45(43)49)17-18-48-28-50(38-16-14-30-6-2-4-8-32(30)22-38)46-26-42-36-12-10-34(20-36)40(42)24-44(46)48/h1-8,13-16,21-26,33-36H,9-12,17-20,27-28H2. The second-order valence-electron chi connectivity index (χ2n) is 16.1. The van der Waals surface area contributed by atoms with Crippen LogP contribution in [-0.4, -0.2) is 26.4 Å². The molecule has 6 aliphatic rings. The van der Waals surface area contributed by atoms with Gasteiger partial charge in [0, 0.05) is 24.5 Å². The third kappa shape index (κ3) is 3.99. The summed E-state index contributed by atoms with van der Waals surface area (Å²) in [5.41, 5.74) is 14.8. The molecule has 4 bridgehead atoms. The van der Waals surface area contributed by atoms with Crippen molar-refractivity contribution < 1.29 is 0 Å². The minimum atomic E-state index is 0.756. The van der Waals surface area contributed by atoms with Crippen LogP contribution in [0.4, 0.5) is 34.1 Å². The van der Waals surface area contributed by atoms with E-state index >= 15 is 0 Å². The number of hydrogen-bond donors (Lipinski definition) is 0. The summed E-state index contributed by atoms with van der Waals surface area (Å²) in [6.45, 7) is 3.79. The van der Waals surface area contributed by atoms with E-state index in [0.29, 0.717) is 0 Å². The van der Waals surface area contributed by atoms with Gasteiger partial charge in [0.25, 0.3) is 0 Å². The molecular formula is C46H42N4. The van der Waals surface area contributed by atoms with E-state index in [2.05, 4.69) is 129 Å². The van der Waals surface area contributed by atoms with Gasteiger partial charge in [0.1, 0.15) is 0 Å². The average molecular weight is 651 g/mol. The number of anilines is 6. The van der Waals surface area contributed by atoms with Gasteiger partial charge in [0.15, 0.2) is 0 Å². The first-order valence-electron chi connectivity index (χ1n) is 19.1. The number of hydrogen-bond acceptors (Lipinski definition) is 4. The third-order valence-electron chi connectivity index (χ3n) is 13.6. The van der Waals surface area contributed by atoms with Crippen molar-refractivity contribution in [2.45, 2.75) is 62.2 Å². The van der Waals surface area contributed by atoms with Crippen LogP contribution in [0.15, 0.2) is 109 Å². The molecule has 0 spiro atoms. The molecule has 0 radical (unpaired) electrons. The predicted molar refractivity (Wildman–Crippen MR) is 208 cm³/mol. The fraction of sp³-hybridized carbons (Fsp3) is 0.304. The lowest BCUT2D eigenvalue weighted by atomic mass is 9.90. The van der Waals surface area contributed by atoms with Crippen molar-refractivity contribution in [3.05, 3.63) is 131 Å². The maximum absolute atomic E-state index is 2.69. The van der Waals surface area contributed by atoms with Gasteiger partial charge in [-0.05, 0) is 155 Å². The summed E-state index contributed by atoms with van der Waals surface area (Å²) in [6.07, 6.45) is 8.18. The topological polar surface area (TPSA) is 13.0 Å².